The molecule has 1 amide bonds. The summed E-state index contributed by atoms with van der Waals surface area (Å²) in [5.74, 6) is 0.148. The van der Waals surface area contributed by atoms with Crippen LogP contribution in [0.4, 0.5) is 5.82 Å². The number of carbonyl (C=O) groups excluding carboxylic acids is 1. The molecule has 1 saturated heterocycles. The molecule has 0 radical (unpaired) electrons. The van der Waals surface area contributed by atoms with Gasteiger partial charge in [0, 0.05) is 25.5 Å². The molecular formula is C13H22N4O3S. The molecule has 118 valence electrons. The minimum atomic E-state index is -3.44. The van der Waals surface area contributed by atoms with Crippen molar-refractivity contribution in [2.45, 2.75) is 37.5 Å². The van der Waals surface area contributed by atoms with E-state index in [1.807, 2.05) is 10.9 Å². The Morgan fingerprint density at radius 2 is 1.95 bits per heavy atom. The number of nitrogens with zero attached hydrogens (tertiary/aromatic N) is 3. The molecule has 2 rings (SSSR count). The number of carbonyl (C=O) groups is 1. The van der Waals surface area contributed by atoms with E-state index in [0.717, 1.165) is 19.1 Å². The predicted molar refractivity (Wildman–Crippen MR) is 80.4 cm³/mol. The van der Waals surface area contributed by atoms with E-state index < -0.39 is 14.6 Å². The van der Waals surface area contributed by atoms with Crippen LogP contribution in [0.15, 0.2) is 12.3 Å². The number of anilines is 1. The van der Waals surface area contributed by atoms with E-state index in [4.69, 9.17) is 5.73 Å². The Labute approximate surface area is 125 Å². The lowest BCUT2D eigenvalue weighted by molar-refractivity contribution is -0.134. The first-order valence-corrected chi connectivity index (χ1v) is 8.81. The quantitative estimate of drug-likeness (QED) is 0.873. The van der Waals surface area contributed by atoms with Gasteiger partial charge in [0.05, 0.1) is 6.04 Å². The third-order valence-corrected chi connectivity index (χ3v) is 6.23. The summed E-state index contributed by atoms with van der Waals surface area (Å²) in [5.41, 5.74) is 5.60. The first kappa shape index (κ1) is 15.8. The summed E-state index contributed by atoms with van der Waals surface area (Å²) in [5, 5.41) is 4.19. The topological polar surface area (TPSA) is 98.3 Å². The van der Waals surface area contributed by atoms with Gasteiger partial charge < -0.3 is 10.6 Å². The molecule has 0 unspecified atom stereocenters. The van der Waals surface area contributed by atoms with Gasteiger partial charge in [-0.25, -0.2) is 8.42 Å². The lowest BCUT2D eigenvalue weighted by Crippen LogP contribution is -2.52. The number of piperidine rings is 1. The number of nitrogen functional groups attached to an aromatic ring is 1. The van der Waals surface area contributed by atoms with E-state index in [1.165, 1.54) is 13.8 Å². The molecule has 0 bridgehead atoms. The molecule has 8 heteroatoms. The van der Waals surface area contributed by atoms with E-state index in [2.05, 4.69) is 5.10 Å². The van der Waals surface area contributed by atoms with Crippen LogP contribution in [0, 0.1) is 0 Å². The van der Waals surface area contributed by atoms with Gasteiger partial charge in [-0.2, -0.15) is 5.10 Å². The molecule has 7 nitrogen and oxygen atoms in total. The maximum absolute atomic E-state index is 12.4. The van der Waals surface area contributed by atoms with Gasteiger partial charge in [0.25, 0.3) is 0 Å². The summed E-state index contributed by atoms with van der Waals surface area (Å²) in [4.78, 5) is 14.0. The highest BCUT2D eigenvalue weighted by Crippen LogP contribution is 2.26. The van der Waals surface area contributed by atoms with Crippen LogP contribution in [0.2, 0.25) is 0 Å². The van der Waals surface area contributed by atoms with E-state index in [0.29, 0.717) is 18.9 Å². The van der Waals surface area contributed by atoms with Crippen molar-refractivity contribution in [2.75, 3.05) is 25.1 Å². The third-order valence-electron chi connectivity index (χ3n) is 4.20. The number of aromatic nitrogens is 2. The first-order valence-electron chi connectivity index (χ1n) is 6.92. The highest BCUT2D eigenvalue weighted by atomic mass is 32.2. The second-order valence-corrected chi connectivity index (χ2v) is 8.59. The van der Waals surface area contributed by atoms with Crippen molar-refractivity contribution in [3.63, 3.8) is 0 Å². The number of hydrogen-bond acceptors (Lipinski definition) is 5. The minimum Gasteiger partial charge on any atom is -0.382 e. The van der Waals surface area contributed by atoms with Crippen molar-refractivity contribution < 1.29 is 13.2 Å². The molecule has 1 aliphatic heterocycles. The fourth-order valence-corrected chi connectivity index (χ4v) is 2.88. The molecule has 1 fully saturated rings. The smallest absolute Gasteiger partial charge is 0.243 e. The van der Waals surface area contributed by atoms with Gasteiger partial charge >= 0.3 is 0 Å². The molecule has 0 atom stereocenters. The average Bonchev–Trinajstić information content (AvgIpc) is 2.83. The van der Waals surface area contributed by atoms with E-state index in [1.54, 1.807) is 11.0 Å². The number of nitrogens with two attached hydrogens (primary N) is 1. The average molecular weight is 314 g/mol. The number of amides is 1. The molecule has 2 N–H and O–H groups in total. The summed E-state index contributed by atoms with van der Waals surface area (Å²) in [6.07, 6.45) is 4.42. The summed E-state index contributed by atoms with van der Waals surface area (Å²) in [6.45, 7) is 3.99. The van der Waals surface area contributed by atoms with E-state index in [9.17, 15) is 13.2 Å². The summed E-state index contributed by atoms with van der Waals surface area (Å²) >= 11 is 0. The fraction of sp³-hybridized carbons (Fsp3) is 0.692. The van der Waals surface area contributed by atoms with Crippen LogP contribution in [0.1, 0.15) is 32.7 Å². The largest absolute Gasteiger partial charge is 0.382 e. The second kappa shape index (κ2) is 5.32. The Balaban J connectivity index is 2.03. The van der Waals surface area contributed by atoms with Gasteiger partial charge in [0.15, 0.2) is 9.84 Å². The van der Waals surface area contributed by atoms with E-state index in [-0.39, 0.29) is 11.9 Å². The van der Waals surface area contributed by atoms with Gasteiger partial charge in [-0.05, 0) is 32.8 Å². The van der Waals surface area contributed by atoms with Crippen molar-refractivity contribution in [3.05, 3.63) is 12.3 Å². The van der Waals surface area contributed by atoms with Crippen LogP contribution in [-0.2, 0) is 14.6 Å². The molecule has 0 saturated carbocycles. The van der Waals surface area contributed by atoms with Crippen molar-refractivity contribution in [2.24, 2.45) is 0 Å². The van der Waals surface area contributed by atoms with Crippen LogP contribution < -0.4 is 5.73 Å². The van der Waals surface area contributed by atoms with Gasteiger partial charge in [-0.1, -0.05) is 0 Å². The summed E-state index contributed by atoms with van der Waals surface area (Å²) < 4.78 is 23.9. The Morgan fingerprint density at radius 3 is 2.38 bits per heavy atom. The zero-order valence-electron chi connectivity index (χ0n) is 12.6. The molecule has 0 spiro atoms. The lowest BCUT2D eigenvalue weighted by Gasteiger charge is -2.36. The molecule has 1 aliphatic rings. The van der Waals surface area contributed by atoms with Crippen molar-refractivity contribution >= 4 is 21.6 Å². The highest BCUT2D eigenvalue weighted by molar-refractivity contribution is 7.92. The number of sulfone groups is 1. The molecule has 0 aromatic carbocycles. The number of likely N-dealkylation sites (tertiary alicyclic amines) is 1. The molecule has 2 heterocycles. The van der Waals surface area contributed by atoms with Gasteiger partial charge in [0.2, 0.25) is 5.91 Å². The van der Waals surface area contributed by atoms with Crippen molar-refractivity contribution in [1.29, 1.82) is 0 Å². The highest BCUT2D eigenvalue weighted by Gasteiger charge is 2.42. The van der Waals surface area contributed by atoms with Crippen LogP contribution in [-0.4, -0.2) is 53.1 Å². The zero-order valence-corrected chi connectivity index (χ0v) is 13.4. The van der Waals surface area contributed by atoms with Gasteiger partial charge in [-0.15, -0.1) is 0 Å². The summed E-state index contributed by atoms with van der Waals surface area (Å²) in [6, 6.07) is 1.94. The molecular weight excluding hydrogens is 292 g/mol. The molecule has 0 aliphatic carbocycles. The van der Waals surface area contributed by atoms with Crippen LogP contribution in [0.3, 0.4) is 0 Å². The number of rotatable bonds is 3. The van der Waals surface area contributed by atoms with Crippen LogP contribution in [0.5, 0.6) is 0 Å². The van der Waals surface area contributed by atoms with Crippen LogP contribution >= 0.6 is 0 Å². The SMILES string of the molecule is CC(C)(C(=O)N1CCC(n2ccc(N)n2)CC1)S(C)(=O)=O. The normalized spacial score (nSPS) is 18.0. The molecule has 1 aromatic rings. The van der Waals surface area contributed by atoms with E-state index >= 15 is 0 Å². The monoisotopic (exact) mass is 314 g/mol. The first-order chi connectivity index (χ1) is 9.63. The third kappa shape index (κ3) is 3.04. The van der Waals surface area contributed by atoms with Gasteiger partial charge in [-0.3, -0.25) is 9.48 Å². The molecule has 21 heavy (non-hydrogen) atoms. The Bertz CT molecular complexity index is 628. The molecule has 1 aromatic heterocycles. The van der Waals surface area contributed by atoms with Crippen LogP contribution in [0.25, 0.3) is 0 Å². The Morgan fingerprint density at radius 1 is 1.38 bits per heavy atom. The van der Waals surface area contributed by atoms with Crippen molar-refractivity contribution in [3.8, 4) is 0 Å². The maximum atomic E-state index is 12.4. The number of hydrogen-bond donors (Lipinski definition) is 1. The lowest BCUT2D eigenvalue weighted by atomic mass is 10.0. The minimum absolute atomic E-state index is 0.202. The predicted octanol–water partition coefficient (Wildman–Crippen LogP) is 0.452. The van der Waals surface area contributed by atoms with Gasteiger partial charge in [0.1, 0.15) is 10.6 Å². The second-order valence-electron chi connectivity index (χ2n) is 6.03. The summed E-state index contributed by atoms with van der Waals surface area (Å²) in [7, 11) is -3.44. The van der Waals surface area contributed by atoms with Crippen molar-refractivity contribution in [1.82, 2.24) is 14.7 Å². The maximum Gasteiger partial charge on any atom is 0.243 e. The fourth-order valence-electron chi connectivity index (χ4n) is 2.43. The zero-order chi connectivity index (χ0) is 15.8. The Hall–Kier alpha value is -1.57. The standard InChI is InChI=1S/C13H22N4O3S/c1-13(2,21(3,19)20)12(18)16-7-4-10(5-8-16)17-9-6-11(14)15-17/h6,9-10H,4-5,7-8H2,1-3H3,(H2,14,15). The Kier molecular flexibility index (Phi) is 4.01.